The van der Waals surface area contributed by atoms with Gasteiger partial charge in [0, 0.05) is 19.3 Å². The van der Waals surface area contributed by atoms with E-state index in [0.717, 1.165) is 6.54 Å². The number of hydrogen-bond donors (Lipinski definition) is 2. The predicted octanol–water partition coefficient (Wildman–Crippen LogP) is 2.14. The number of halogens is 1. The summed E-state index contributed by atoms with van der Waals surface area (Å²) in [5.41, 5.74) is 0.744. The number of likely N-dealkylation sites (N-methyl/N-ethyl adjacent to an activating group) is 1. The number of rotatable bonds is 7. The Balaban J connectivity index is 2.11. The first-order valence-electron chi connectivity index (χ1n) is 7.81. The zero-order chi connectivity index (χ0) is 19.1. The Kier molecular flexibility index (Phi) is 6.88. The fourth-order valence-electron chi connectivity index (χ4n) is 2.01. The van der Waals surface area contributed by atoms with E-state index in [9.17, 15) is 9.59 Å². The summed E-state index contributed by atoms with van der Waals surface area (Å²) < 4.78 is 4.66. The Morgan fingerprint density at radius 3 is 2.73 bits per heavy atom. The van der Waals surface area contributed by atoms with E-state index in [0.29, 0.717) is 23.2 Å². The van der Waals surface area contributed by atoms with E-state index in [1.165, 1.54) is 37.6 Å². The number of carbonyl (C=O) groups is 2. The number of carbonyl (C=O) groups excluding carboxylic acids is 2. The van der Waals surface area contributed by atoms with Crippen LogP contribution in [-0.4, -0.2) is 61.0 Å². The van der Waals surface area contributed by atoms with Crippen LogP contribution in [0.2, 0.25) is 5.02 Å². The lowest BCUT2D eigenvalue weighted by Crippen LogP contribution is -2.22. The Bertz CT molecular complexity index is 798. The molecule has 0 unspecified atom stereocenters. The summed E-state index contributed by atoms with van der Waals surface area (Å²) in [5, 5.41) is 5.99. The normalized spacial score (nSPS) is 10.5. The highest BCUT2D eigenvalue weighted by Crippen LogP contribution is 2.24. The number of nitrogens with one attached hydrogen (secondary N) is 2. The Labute approximate surface area is 156 Å². The molecular formula is C17H20ClN5O3. The van der Waals surface area contributed by atoms with Gasteiger partial charge in [-0.15, -0.1) is 0 Å². The van der Waals surface area contributed by atoms with Gasteiger partial charge in [0.1, 0.15) is 5.69 Å². The standard InChI is InChI=1S/C17H20ClN5O3/c1-23(2)9-8-20-17-19-7-6-13(22-17)15(24)21-14-10-11(16(25)26-3)4-5-12(14)18/h4-7,10H,8-9H2,1-3H3,(H,21,24)(H,19,20,22). The van der Waals surface area contributed by atoms with Gasteiger partial charge in [-0.2, -0.15) is 0 Å². The highest BCUT2D eigenvalue weighted by atomic mass is 35.5. The lowest BCUT2D eigenvalue weighted by atomic mass is 10.2. The number of methoxy groups -OCH3 is 1. The van der Waals surface area contributed by atoms with Crippen molar-refractivity contribution in [3.05, 3.63) is 46.7 Å². The third-order valence-electron chi connectivity index (χ3n) is 3.37. The first-order valence-corrected chi connectivity index (χ1v) is 8.19. The van der Waals surface area contributed by atoms with Crippen molar-refractivity contribution in [2.45, 2.75) is 0 Å². The largest absolute Gasteiger partial charge is 0.465 e. The van der Waals surface area contributed by atoms with Crippen molar-refractivity contribution < 1.29 is 14.3 Å². The first kappa shape index (κ1) is 19.6. The quantitative estimate of drug-likeness (QED) is 0.713. The Hall–Kier alpha value is -2.71. The molecule has 0 saturated heterocycles. The molecule has 0 bridgehead atoms. The lowest BCUT2D eigenvalue weighted by molar-refractivity contribution is 0.0600. The van der Waals surface area contributed by atoms with Crippen LogP contribution >= 0.6 is 11.6 Å². The van der Waals surface area contributed by atoms with E-state index in [2.05, 4.69) is 25.3 Å². The van der Waals surface area contributed by atoms with E-state index < -0.39 is 11.9 Å². The summed E-state index contributed by atoms with van der Waals surface area (Å²) in [4.78, 5) is 34.3. The molecule has 2 N–H and O–H groups in total. The maximum Gasteiger partial charge on any atom is 0.337 e. The van der Waals surface area contributed by atoms with Gasteiger partial charge in [-0.1, -0.05) is 11.6 Å². The topological polar surface area (TPSA) is 96.4 Å². The number of amides is 1. The van der Waals surface area contributed by atoms with Crippen molar-refractivity contribution in [1.29, 1.82) is 0 Å². The molecule has 138 valence electrons. The fraction of sp³-hybridized carbons (Fsp3) is 0.294. The molecular weight excluding hydrogens is 358 g/mol. The molecule has 0 saturated carbocycles. The SMILES string of the molecule is COC(=O)c1ccc(Cl)c(NC(=O)c2ccnc(NCCN(C)C)n2)c1. The molecule has 0 atom stereocenters. The summed E-state index contributed by atoms with van der Waals surface area (Å²) in [7, 11) is 5.19. The van der Waals surface area contributed by atoms with E-state index in [1.807, 2.05) is 19.0 Å². The maximum atomic E-state index is 12.4. The number of hydrogen-bond acceptors (Lipinski definition) is 7. The highest BCUT2D eigenvalue weighted by Gasteiger charge is 2.14. The molecule has 1 heterocycles. The van der Waals surface area contributed by atoms with Crippen LogP contribution in [0.25, 0.3) is 0 Å². The summed E-state index contributed by atoms with van der Waals surface area (Å²) in [6, 6.07) is 5.97. The van der Waals surface area contributed by atoms with Gasteiger partial charge in [0.05, 0.1) is 23.4 Å². The summed E-state index contributed by atoms with van der Waals surface area (Å²) in [6.45, 7) is 1.45. The number of ether oxygens (including phenoxy) is 1. The third kappa shape index (κ3) is 5.40. The first-order chi connectivity index (χ1) is 12.4. The smallest absolute Gasteiger partial charge is 0.337 e. The van der Waals surface area contributed by atoms with Crippen molar-refractivity contribution >= 4 is 35.1 Å². The second-order valence-electron chi connectivity index (χ2n) is 5.64. The number of benzene rings is 1. The van der Waals surface area contributed by atoms with Crippen molar-refractivity contribution in [2.75, 3.05) is 44.9 Å². The molecule has 0 aliphatic heterocycles. The summed E-state index contributed by atoms with van der Waals surface area (Å²) in [6.07, 6.45) is 1.49. The molecule has 2 rings (SSSR count). The van der Waals surface area contributed by atoms with Gasteiger partial charge < -0.3 is 20.3 Å². The molecule has 1 amide bonds. The number of nitrogens with zero attached hydrogens (tertiary/aromatic N) is 3. The van der Waals surface area contributed by atoms with Crippen LogP contribution in [0.5, 0.6) is 0 Å². The maximum absolute atomic E-state index is 12.4. The molecule has 0 spiro atoms. The predicted molar refractivity (Wildman–Crippen MR) is 99.8 cm³/mol. The highest BCUT2D eigenvalue weighted by molar-refractivity contribution is 6.34. The molecule has 1 aromatic heterocycles. The number of anilines is 2. The summed E-state index contributed by atoms with van der Waals surface area (Å²) in [5.74, 6) is -0.632. The average molecular weight is 378 g/mol. The van der Waals surface area contributed by atoms with Gasteiger partial charge in [-0.3, -0.25) is 4.79 Å². The van der Waals surface area contributed by atoms with Crippen molar-refractivity contribution in [1.82, 2.24) is 14.9 Å². The molecule has 9 heteroatoms. The molecule has 0 aliphatic rings. The Morgan fingerprint density at radius 1 is 1.27 bits per heavy atom. The second kappa shape index (κ2) is 9.12. The van der Waals surface area contributed by atoms with E-state index in [-0.39, 0.29) is 11.3 Å². The van der Waals surface area contributed by atoms with Gasteiger partial charge in [-0.05, 0) is 38.4 Å². The van der Waals surface area contributed by atoms with E-state index in [1.54, 1.807) is 0 Å². The average Bonchev–Trinajstić information content (AvgIpc) is 2.62. The van der Waals surface area contributed by atoms with Crippen molar-refractivity contribution in [3.8, 4) is 0 Å². The molecule has 0 radical (unpaired) electrons. The molecule has 1 aromatic carbocycles. The monoisotopic (exact) mass is 377 g/mol. The minimum Gasteiger partial charge on any atom is -0.465 e. The van der Waals surface area contributed by atoms with Crippen molar-refractivity contribution in [3.63, 3.8) is 0 Å². The van der Waals surface area contributed by atoms with E-state index in [4.69, 9.17) is 11.6 Å². The fourth-order valence-corrected chi connectivity index (χ4v) is 2.18. The van der Waals surface area contributed by atoms with Crippen LogP contribution in [0.1, 0.15) is 20.8 Å². The third-order valence-corrected chi connectivity index (χ3v) is 3.70. The van der Waals surface area contributed by atoms with Gasteiger partial charge in [0.15, 0.2) is 0 Å². The van der Waals surface area contributed by atoms with Crippen LogP contribution in [0.15, 0.2) is 30.5 Å². The molecule has 26 heavy (non-hydrogen) atoms. The molecule has 2 aromatic rings. The minimum absolute atomic E-state index is 0.173. The van der Waals surface area contributed by atoms with Gasteiger partial charge >= 0.3 is 5.97 Å². The Morgan fingerprint density at radius 2 is 2.04 bits per heavy atom. The number of esters is 1. The van der Waals surface area contributed by atoms with Crippen LogP contribution < -0.4 is 10.6 Å². The minimum atomic E-state index is -0.522. The van der Waals surface area contributed by atoms with Crippen molar-refractivity contribution in [2.24, 2.45) is 0 Å². The zero-order valence-corrected chi connectivity index (χ0v) is 15.5. The van der Waals surface area contributed by atoms with Crippen LogP contribution in [0.4, 0.5) is 11.6 Å². The van der Waals surface area contributed by atoms with Gasteiger partial charge in [0.25, 0.3) is 5.91 Å². The zero-order valence-electron chi connectivity index (χ0n) is 14.7. The van der Waals surface area contributed by atoms with Crippen LogP contribution in [-0.2, 0) is 4.74 Å². The lowest BCUT2D eigenvalue weighted by Gasteiger charge is -2.11. The molecule has 8 nitrogen and oxygen atoms in total. The van der Waals surface area contributed by atoms with Gasteiger partial charge in [0.2, 0.25) is 5.95 Å². The number of aromatic nitrogens is 2. The molecule has 0 fully saturated rings. The second-order valence-corrected chi connectivity index (χ2v) is 6.04. The molecule has 0 aliphatic carbocycles. The van der Waals surface area contributed by atoms with E-state index >= 15 is 0 Å². The van der Waals surface area contributed by atoms with Crippen LogP contribution in [0, 0.1) is 0 Å². The van der Waals surface area contributed by atoms with Crippen LogP contribution in [0.3, 0.4) is 0 Å². The summed E-state index contributed by atoms with van der Waals surface area (Å²) >= 11 is 6.09. The van der Waals surface area contributed by atoms with Gasteiger partial charge in [-0.25, -0.2) is 14.8 Å².